The molecule has 1 aliphatic rings. The zero-order chi connectivity index (χ0) is 22.2. The quantitative estimate of drug-likeness (QED) is 0.723. The van der Waals surface area contributed by atoms with E-state index in [4.69, 9.17) is 9.47 Å². The Hall–Kier alpha value is -3.36. The molecule has 3 rings (SSSR count). The van der Waals surface area contributed by atoms with Gasteiger partial charge in [0.25, 0.3) is 11.5 Å². The molecular weight excluding hydrogens is 400 g/mol. The van der Waals surface area contributed by atoms with E-state index >= 15 is 0 Å². The number of para-hydroxylation sites is 1. The molecule has 0 saturated carbocycles. The topological polar surface area (TPSA) is 103 Å². The average Bonchev–Trinajstić information content (AvgIpc) is 2.80. The van der Waals surface area contributed by atoms with Crippen LogP contribution in [-0.2, 0) is 11.3 Å². The Morgan fingerprint density at radius 3 is 2.55 bits per heavy atom. The summed E-state index contributed by atoms with van der Waals surface area (Å²) in [5.74, 6) is 0.618. The first kappa shape index (κ1) is 22.3. The maximum atomic E-state index is 12.7. The standard InChI is InChI=1S/C22H28N4O5/c1-16(17-10-12-25(13-11-17)22(29)30-2)23-21(28)19-8-9-20(27)26(24-19)14-15-31-18-6-4-3-5-7-18/h3-9,16-17H,10-15H2,1-2H3,(H,23,28)/t16-/m0/s1. The molecule has 1 aromatic heterocycles. The van der Waals surface area contributed by atoms with Gasteiger partial charge in [-0.1, -0.05) is 18.2 Å². The molecule has 1 atom stereocenters. The maximum absolute atomic E-state index is 12.7. The Kier molecular flexibility index (Phi) is 7.64. The van der Waals surface area contributed by atoms with Crippen molar-refractivity contribution < 1.29 is 19.1 Å². The molecule has 1 N–H and O–H groups in total. The minimum atomic E-state index is -0.333. The number of carbonyl (C=O) groups excluding carboxylic acids is 2. The summed E-state index contributed by atoms with van der Waals surface area (Å²) in [6.07, 6.45) is 1.23. The second-order valence-electron chi connectivity index (χ2n) is 7.50. The van der Waals surface area contributed by atoms with Crippen molar-refractivity contribution in [2.75, 3.05) is 26.8 Å². The van der Waals surface area contributed by atoms with Crippen LogP contribution in [0.15, 0.2) is 47.3 Å². The van der Waals surface area contributed by atoms with E-state index in [9.17, 15) is 14.4 Å². The SMILES string of the molecule is COC(=O)N1CCC([C@H](C)NC(=O)c2ccc(=O)n(CCOc3ccccc3)n2)CC1. The zero-order valence-electron chi connectivity index (χ0n) is 17.8. The van der Waals surface area contributed by atoms with Crippen LogP contribution >= 0.6 is 0 Å². The van der Waals surface area contributed by atoms with Gasteiger partial charge in [-0.25, -0.2) is 9.48 Å². The molecule has 1 fully saturated rings. The van der Waals surface area contributed by atoms with Crippen LogP contribution in [0.1, 0.15) is 30.3 Å². The number of nitrogens with zero attached hydrogens (tertiary/aromatic N) is 3. The highest BCUT2D eigenvalue weighted by Crippen LogP contribution is 2.21. The lowest BCUT2D eigenvalue weighted by Crippen LogP contribution is -2.45. The lowest BCUT2D eigenvalue weighted by Gasteiger charge is -2.34. The van der Waals surface area contributed by atoms with Crippen molar-refractivity contribution in [2.45, 2.75) is 32.4 Å². The first-order chi connectivity index (χ1) is 15.0. The average molecular weight is 428 g/mol. The number of piperidine rings is 1. The Morgan fingerprint density at radius 1 is 1.16 bits per heavy atom. The van der Waals surface area contributed by atoms with Gasteiger partial charge in [0.15, 0.2) is 0 Å². The summed E-state index contributed by atoms with van der Waals surface area (Å²) < 4.78 is 11.6. The third-order valence-electron chi connectivity index (χ3n) is 5.45. The van der Waals surface area contributed by atoms with Crippen LogP contribution in [0.3, 0.4) is 0 Å². The molecule has 2 amide bonds. The highest BCUT2D eigenvalue weighted by Gasteiger charge is 2.28. The van der Waals surface area contributed by atoms with Crippen LogP contribution in [0.2, 0.25) is 0 Å². The molecule has 0 bridgehead atoms. The molecule has 0 unspecified atom stereocenters. The molecule has 2 heterocycles. The number of carbonyl (C=O) groups is 2. The monoisotopic (exact) mass is 428 g/mol. The van der Waals surface area contributed by atoms with Gasteiger partial charge in [0, 0.05) is 25.2 Å². The molecule has 9 nitrogen and oxygen atoms in total. The Balaban J connectivity index is 1.53. The number of methoxy groups -OCH3 is 1. The highest BCUT2D eigenvalue weighted by atomic mass is 16.5. The molecule has 0 radical (unpaired) electrons. The normalized spacial score (nSPS) is 15.2. The fourth-order valence-electron chi connectivity index (χ4n) is 3.61. The molecule has 1 saturated heterocycles. The number of aromatic nitrogens is 2. The van der Waals surface area contributed by atoms with E-state index in [2.05, 4.69) is 10.4 Å². The maximum Gasteiger partial charge on any atom is 0.409 e. The lowest BCUT2D eigenvalue weighted by molar-refractivity contribution is 0.0861. The first-order valence-electron chi connectivity index (χ1n) is 10.4. The summed E-state index contributed by atoms with van der Waals surface area (Å²) in [4.78, 5) is 38.0. The number of rotatable bonds is 7. The van der Waals surface area contributed by atoms with Gasteiger partial charge in [-0.05, 0) is 43.9 Å². The number of likely N-dealkylation sites (tertiary alicyclic amines) is 1. The lowest BCUT2D eigenvalue weighted by atomic mass is 9.90. The van der Waals surface area contributed by atoms with E-state index in [0.29, 0.717) is 18.8 Å². The van der Waals surface area contributed by atoms with Gasteiger partial charge in [0.1, 0.15) is 18.1 Å². The molecular formula is C22H28N4O5. The van der Waals surface area contributed by atoms with E-state index in [1.54, 1.807) is 4.90 Å². The van der Waals surface area contributed by atoms with Gasteiger partial charge in [0.2, 0.25) is 0 Å². The van der Waals surface area contributed by atoms with Gasteiger partial charge in [0.05, 0.1) is 13.7 Å². The van der Waals surface area contributed by atoms with Crippen molar-refractivity contribution in [3.63, 3.8) is 0 Å². The number of ether oxygens (including phenoxy) is 2. The largest absolute Gasteiger partial charge is 0.492 e. The predicted molar refractivity (Wildman–Crippen MR) is 114 cm³/mol. The van der Waals surface area contributed by atoms with E-state index in [1.165, 1.54) is 23.9 Å². The van der Waals surface area contributed by atoms with Crippen LogP contribution in [0.25, 0.3) is 0 Å². The Morgan fingerprint density at radius 2 is 1.87 bits per heavy atom. The second-order valence-corrected chi connectivity index (χ2v) is 7.50. The van der Waals surface area contributed by atoms with Crippen LogP contribution < -0.4 is 15.6 Å². The second kappa shape index (κ2) is 10.6. The van der Waals surface area contributed by atoms with Crippen LogP contribution in [-0.4, -0.2) is 59.5 Å². The van der Waals surface area contributed by atoms with E-state index in [0.717, 1.165) is 12.8 Å². The molecule has 0 spiro atoms. The number of hydrogen-bond donors (Lipinski definition) is 1. The van der Waals surface area contributed by atoms with Crippen molar-refractivity contribution in [3.8, 4) is 5.75 Å². The van der Waals surface area contributed by atoms with E-state index < -0.39 is 0 Å². The highest BCUT2D eigenvalue weighted by molar-refractivity contribution is 5.92. The predicted octanol–water partition coefficient (Wildman–Crippen LogP) is 1.92. The molecule has 31 heavy (non-hydrogen) atoms. The Bertz CT molecular complexity index is 938. The van der Waals surface area contributed by atoms with Crippen LogP contribution in [0.4, 0.5) is 4.79 Å². The van der Waals surface area contributed by atoms with Crippen molar-refractivity contribution in [2.24, 2.45) is 5.92 Å². The summed E-state index contributed by atoms with van der Waals surface area (Å²) in [7, 11) is 1.37. The summed E-state index contributed by atoms with van der Waals surface area (Å²) in [5, 5.41) is 7.16. The van der Waals surface area contributed by atoms with E-state index in [-0.39, 0.29) is 48.4 Å². The summed E-state index contributed by atoms with van der Waals surface area (Å²) in [6.45, 7) is 3.64. The zero-order valence-corrected chi connectivity index (χ0v) is 17.8. The van der Waals surface area contributed by atoms with Crippen molar-refractivity contribution >= 4 is 12.0 Å². The van der Waals surface area contributed by atoms with Gasteiger partial charge in [-0.15, -0.1) is 0 Å². The molecule has 0 aliphatic carbocycles. The minimum Gasteiger partial charge on any atom is -0.492 e. The van der Waals surface area contributed by atoms with E-state index in [1.807, 2.05) is 37.3 Å². The third-order valence-corrected chi connectivity index (χ3v) is 5.45. The molecule has 2 aromatic rings. The number of hydrogen-bond acceptors (Lipinski definition) is 6. The van der Waals surface area contributed by atoms with Crippen molar-refractivity contribution in [1.82, 2.24) is 20.0 Å². The van der Waals surface area contributed by atoms with Crippen LogP contribution in [0, 0.1) is 5.92 Å². The van der Waals surface area contributed by atoms with Gasteiger partial charge in [-0.3, -0.25) is 9.59 Å². The minimum absolute atomic E-state index is 0.0871. The Labute approximate surface area is 181 Å². The number of amides is 2. The summed E-state index contributed by atoms with van der Waals surface area (Å²) in [6, 6.07) is 12.0. The van der Waals surface area contributed by atoms with Gasteiger partial charge >= 0.3 is 6.09 Å². The number of benzene rings is 1. The first-order valence-corrected chi connectivity index (χ1v) is 10.4. The van der Waals surface area contributed by atoms with Crippen molar-refractivity contribution in [1.29, 1.82) is 0 Å². The molecule has 9 heteroatoms. The smallest absolute Gasteiger partial charge is 0.409 e. The number of nitrogens with one attached hydrogen (secondary N) is 1. The summed E-state index contributed by atoms with van der Waals surface area (Å²) >= 11 is 0. The fourth-order valence-corrected chi connectivity index (χ4v) is 3.61. The van der Waals surface area contributed by atoms with Crippen LogP contribution in [0.5, 0.6) is 5.75 Å². The van der Waals surface area contributed by atoms with Gasteiger partial charge in [-0.2, -0.15) is 5.10 Å². The molecule has 1 aromatic carbocycles. The third kappa shape index (κ3) is 6.07. The molecule has 166 valence electrons. The molecule has 1 aliphatic heterocycles. The summed E-state index contributed by atoms with van der Waals surface area (Å²) in [5.41, 5.74) is -0.116. The fraction of sp³-hybridized carbons (Fsp3) is 0.455. The van der Waals surface area contributed by atoms with Gasteiger partial charge < -0.3 is 19.7 Å². The van der Waals surface area contributed by atoms with Crippen molar-refractivity contribution in [3.05, 3.63) is 58.5 Å².